The molecule has 116 valence electrons. The van der Waals surface area contributed by atoms with Gasteiger partial charge in [0.2, 0.25) is 0 Å². The molecule has 0 aromatic heterocycles. The Balaban J connectivity index is 1.93. The van der Waals surface area contributed by atoms with Crippen LogP contribution in [0.4, 0.5) is 0 Å². The minimum atomic E-state index is -0.0450. The van der Waals surface area contributed by atoms with Gasteiger partial charge in [0.25, 0.3) is 6.71 Å². The molecule has 0 N–H and O–H groups in total. The Labute approximate surface area is 150 Å². The van der Waals surface area contributed by atoms with Crippen LogP contribution in [0.15, 0.2) is 65.1 Å². The molecule has 0 aliphatic carbocycles. The molecular weight excluding hydrogens is 359 g/mol. The summed E-state index contributed by atoms with van der Waals surface area (Å²) in [4.78, 5) is 0. The van der Waals surface area contributed by atoms with Crippen LogP contribution in [-0.4, -0.2) is 6.71 Å². The Morgan fingerprint density at radius 1 is 0.833 bits per heavy atom. The van der Waals surface area contributed by atoms with Crippen molar-refractivity contribution in [3.8, 4) is 11.5 Å². The SMILES string of the molecule is CC1(C)c2ccccc2B2c3ccccc3Oc3cc(Br)cc1c32. The molecule has 0 unspecified atom stereocenters. The summed E-state index contributed by atoms with van der Waals surface area (Å²) >= 11 is 3.68. The van der Waals surface area contributed by atoms with Gasteiger partial charge in [-0.15, -0.1) is 0 Å². The van der Waals surface area contributed by atoms with E-state index in [2.05, 4.69) is 84.4 Å². The Morgan fingerprint density at radius 2 is 1.54 bits per heavy atom. The predicted molar refractivity (Wildman–Crippen MR) is 104 cm³/mol. The number of hydrogen-bond acceptors (Lipinski definition) is 1. The maximum atomic E-state index is 6.28. The molecule has 0 spiro atoms. The monoisotopic (exact) mass is 374 g/mol. The van der Waals surface area contributed by atoms with Gasteiger partial charge in [0.15, 0.2) is 0 Å². The van der Waals surface area contributed by atoms with Gasteiger partial charge < -0.3 is 4.74 Å². The van der Waals surface area contributed by atoms with Crippen molar-refractivity contribution in [3.63, 3.8) is 0 Å². The van der Waals surface area contributed by atoms with Crippen molar-refractivity contribution in [2.45, 2.75) is 19.3 Å². The predicted octanol–water partition coefficient (Wildman–Crippen LogP) is 3.71. The van der Waals surface area contributed by atoms with Crippen LogP contribution in [0, 0.1) is 0 Å². The van der Waals surface area contributed by atoms with Gasteiger partial charge in [0.1, 0.15) is 11.5 Å². The molecule has 2 aliphatic rings. The van der Waals surface area contributed by atoms with Crippen molar-refractivity contribution in [2.75, 3.05) is 0 Å². The number of fused-ring (bicyclic) bond motifs is 4. The van der Waals surface area contributed by atoms with Crippen LogP contribution in [0.25, 0.3) is 0 Å². The van der Waals surface area contributed by atoms with Gasteiger partial charge in [0.05, 0.1) is 0 Å². The molecule has 0 saturated carbocycles. The van der Waals surface area contributed by atoms with Gasteiger partial charge in [-0.2, -0.15) is 0 Å². The van der Waals surface area contributed by atoms with Crippen molar-refractivity contribution < 1.29 is 4.74 Å². The summed E-state index contributed by atoms with van der Waals surface area (Å²) in [6, 6.07) is 21.6. The smallest absolute Gasteiger partial charge is 0.251 e. The van der Waals surface area contributed by atoms with Gasteiger partial charge >= 0.3 is 0 Å². The summed E-state index contributed by atoms with van der Waals surface area (Å²) in [5.41, 5.74) is 6.69. The van der Waals surface area contributed by atoms with E-state index in [4.69, 9.17) is 4.74 Å². The van der Waals surface area contributed by atoms with E-state index in [0.29, 0.717) is 0 Å². The summed E-state index contributed by atoms with van der Waals surface area (Å²) in [5.74, 6) is 1.94. The number of hydrogen-bond donors (Lipinski definition) is 0. The standard InChI is InChI=1S/C21H16BBrO/c1-21(2)14-7-3-4-8-16(14)22-17-9-5-6-10-18(17)24-19-12-13(23)11-15(21)20(19)22/h3-12H,1-2H3. The zero-order chi connectivity index (χ0) is 16.5. The Morgan fingerprint density at radius 3 is 2.38 bits per heavy atom. The van der Waals surface area contributed by atoms with Crippen molar-refractivity contribution in [2.24, 2.45) is 0 Å². The van der Waals surface area contributed by atoms with Crippen LogP contribution in [0.2, 0.25) is 0 Å². The quantitative estimate of drug-likeness (QED) is 0.426. The van der Waals surface area contributed by atoms with Crippen molar-refractivity contribution in [1.29, 1.82) is 0 Å². The second kappa shape index (κ2) is 4.76. The average molecular weight is 375 g/mol. The molecule has 3 aromatic rings. The zero-order valence-corrected chi connectivity index (χ0v) is 15.2. The fraction of sp³-hybridized carbons (Fsp3) is 0.143. The van der Waals surface area contributed by atoms with E-state index in [9.17, 15) is 0 Å². The van der Waals surface area contributed by atoms with Gasteiger partial charge in [-0.1, -0.05) is 77.7 Å². The van der Waals surface area contributed by atoms with E-state index in [-0.39, 0.29) is 12.1 Å². The van der Waals surface area contributed by atoms with Crippen LogP contribution in [-0.2, 0) is 5.41 Å². The van der Waals surface area contributed by atoms with Crippen molar-refractivity contribution >= 4 is 39.0 Å². The first-order valence-electron chi connectivity index (χ1n) is 8.27. The van der Waals surface area contributed by atoms with Crippen LogP contribution < -0.4 is 21.1 Å². The average Bonchev–Trinajstić information content (AvgIpc) is 2.58. The van der Waals surface area contributed by atoms with E-state index in [0.717, 1.165) is 16.0 Å². The van der Waals surface area contributed by atoms with Crippen molar-refractivity contribution in [3.05, 3.63) is 76.3 Å². The molecule has 24 heavy (non-hydrogen) atoms. The molecule has 0 fully saturated rings. The summed E-state index contributed by atoms with van der Waals surface area (Å²) in [6.45, 7) is 4.87. The Hall–Kier alpha value is -2.00. The van der Waals surface area contributed by atoms with E-state index in [1.165, 1.54) is 27.5 Å². The molecular formula is C21H16BBrO. The lowest BCUT2D eigenvalue weighted by Gasteiger charge is -2.41. The first-order valence-corrected chi connectivity index (χ1v) is 9.07. The molecule has 2 aliphatic heterocycles. The fourth-order valence-electron chi connectivity index (χ4n) is 4.36. The fourth-order valence-corrected chi connectivity index (χ4v) is 4.80. The maximum Gasteiger partial charge on any atom is 0.251 e. The minimum absolute atomic E-state index is 0.0450. The molecule has 5 rings (SSSR count). The van der Waals surface area contributed by atoms with Crippen LogP contribution in [0.5, 0.6) is 11.5 Å². The van der Waals surface area contributed by atoms with Crippen LogP contribution in [0.1, 0.15) is 25.0 Å². The molecule has 3 heteroatoms. The third-order valence-electron chi connectivity index (χ3n) is 5.46. The lowest BCUT2D eigenvalue weighted by molar-refractivity contribution is 0.484. The maximum absolute atomic E-state index is 6.28. The molecule has 1 nitrogen and oxygen atoms in total. The van der Waals surface area contributed by atoms with Crippen LogP contribution in [0.3, 0.4) is 0 Å². The highest BCUT2D eigenvalue weighted by atomic mass is 79.9. The largest absolute Gasteiger partial charge is 0.458 e. The summed E-state index contributed by atoms with van der Waals surface area (Å²) in [5, 5.41) is 0. The second-order valence-electron chi connectivity index (χ2n) is 7.15. The summed E-state index contributed by atoms with van der Waals surface area (Å²) in [6.07, 6.45) is 0. The van der Waals surface area contributed by atoms with E-state index in [1.807, 2.05) is 6.07 Å². The molecule has 0 saturated heterocycles. The topological polar surface area (TPSA) is 9.23 Å². The number of benzene rings is 3. The molecule has 0 radical (unpaired) electrons. The Kier molecular flexibility index (Phi) is 2.85. The lowest BCUT2D eigenvalue weighted by Crippen LogP contribution is -2.62. The lowest BCUT2D eigenvalue weighted by atomic mass is 9.31. The first kappa shape index (κ1) is 14.4. The molecule has 0 atom stereocenters. The third-order valence-corrected chi connectivity index (χ3v) is 5.92. The summed E-state index contributed by atoms with van der Waals surface area (Å²) < 4.78 is 7.35. The Bertz CT molecular complexity index is 993. The van der Waals surface area contributed by atoms with E-state index >= 15 is 0 Å². The van der Waals surface area contributed by atoms with Crippen molar-refractivity contribution in [1.82, 2.24) is 0 Å². The molecule has 0 bridgehead atoms. The first-order chi connectivity index (χ1) is 11.6. The van der Waals surface area contributed by atoms with Crippen LogP contribution >= 0.6 is 15.9 Å². The van der Waals surface area contributed by atoms with Gasteiger partial charge in [-0.05, 0) is 40.3 Å². The number of rotatable bonds is 0. The molecule has 0 amide bonds. The molecule has 3 aromatic carbocycles. The zero-order valence-electron chi connectivity index (χ0n) is 13.6. The highest BCUT2D eigenvalue weighted by Crippen LogP contribution is 2.39. The third kappa shape index (κ3) is 1.76. The van der Waals surface area contributed by atoms with E-state index in [1.54, 1.807) is 0 Å². The van der Waals surface area contributed by atoms with Gasteiger partial charge in [-0.25, -0.2) is 0 Å². The normalized spacial score (nSPS) is 15.9. The second-order valence-corrected chi connectivity index (χ2v) is 8.07. The number of para-hydroxylation sites is 1. The highest BCUT2D eigenvalue weighted by Gasteiger charge is 2.44. The van der Waals surface area contributed by atoms with E-state index < -0.39 is 0 Å². The summed E-state index contributed by atoms with van der Waals surface area (Å²) in [7, 11) is 0. The van der Waals surface area contributed by atoms with Gasteiger partial charge in [-0.3, -0.25) is 0 Å². The highest BCUT2D eigenvalue weighted by molar-refractivity contribution is 9.10. The number of halogens is 1. The number of ether oxygens (including phenoxy) is 1. The molecule has 2 heterocycles. The minimum Gasteiger partial charge on any atom is -0.458 e. The van der Waals surface area contributed by atoms with Gasteiger partial charge in [0, 0.05) is 9.89 Å².